The number of nitrogens with zero attached hydrogens (tertiary/aromatic N) is 1. The Kier molecular flexibility index (Phi) is 7.56. The molecule has 4 N–H and O–H groups in total. The minimum absolute atomic E-state index is 0.136. The summed E-state index contributed by atoms with van der Waals surface area (Å²) in [6.07, 6.45) is 6.60. The highest BCUT2D eigenvalue weighted by Crippen LogP contribution is 2.22. The molecule has 1 aromatic carbocycles. The molecule has 2 aliphatic heterocycles. The summed E-state index contributed by atoms with van der Waals surface area (Å²) in [7, 11) is 0. The SMILES string of the molecule is O=C(NCC[C@@H]1CCCCNC1)O[C@@H]1[C@@H](O)CN[C@@H]1Cc1ccc(-c2cnco2)cc1. The molecule has 168 valence electrons. The van der Waals surface area contributed by atoms with Crippen molar-refractivity contribution < 1.29 is 19.1 Å². The van der Waals surface area contributed by atoms with Crippen LogP contribution >= 0.6 is 0 Å². The van der Waals surface area contributed by atoms with E-state index in [1.807, 2.05) is 24.3 Å². The second kappa shape index (κ2) is 10.7. The molecule has 0 unspecified atom stereocenters. The summed E-state index contributed by atoms with van der Waals surface area (Å²) in [6.45, 7) is 3.10. The Morgan fingerprint density at radius 3 is 2.94 bits per heavy atom. The summed E-state index contributed by atoms with van der Waals surface area (Å²) in [4.78, 5) is 16.3. The van der Waals surface area contributed by atoms with Gasteiger partial charge in [-0.15, -0.1) is 0 Å². The van der Waals surface area contributed by atoms with E-state index in [0.29, 0.717) is 25.4 Å². The van der Waals surface area contributed by atoms with E-state index in [2.05, 4.69) is 20.9 Å². The number of ether oxygens (including phenoxy) is 1. The number of hydrogen-bond acceptors (Lipinski definition) is 7. The highest BCUT2D eigenvalue weighted by molar-refractivity contribution is 5.67. The number of β-amino-alcohol motifs (C(OH)–C–C–N with tert-alkyl or cyclic N) is 1. The van der Waals surface area contributed by atoms with Crippen LogP contribution in [-0.2, 0) is 11.2 Å². The molecule has 2 aromatic rings. The van der Waals surface area contributed by atoms with E-state index >= 15 is 0 Å². The predicted octanol–water partition coefficient (Wildman–Crippen LogP) is 2.09. The van der Waals surface area contributed by atoms with Gasteiger partial charge in [-0.3, -0.25) is 0 Å². The molecular weight excluding hydrogens is 396 g/mol. The van der Waals surface area contributed by atoms with Crippen LogP contribution in [0.2, 0.25) is 0 Å². The molecule has 0 spiro atoms. The van der Waals surface area contributed by atoms with Gasteiger partial charge in [-0.05, 0) is 50.3 Å². The van der Waals surface area contributed by atoms with Crippen LogP contribution in [0, 0.1) is 5.92 Å². The lowest BCUT2D eigenvalue weighted by Gasteiger charge is -2.22. The maximum atomic E-state index is 12.3. The topological polar surface area (TPSA) is 109 Å². The molecule has 0 bridgehead atoms. The van der Waals surface area contributed by atoms with Gasteiger partial charge in [0, 0.05) is 18.7 Å². The number of rotatable bonds is 7. The molecule has 2 saturated heterocycles. The van der Waals surface area contributed by atoms with Crippen LogP contribution in [0.5, 0.6) is 0 Å². The summed E-state index contributed by atoms with van der Waals surface area (Å²) in [5.41, 5.74) is 2.04. The number of alkyl carbamates (subject to hydrolysis) is 1. The van der Waals surface area contributed by atoms with E-state index in [0.717, 1.165) is 36.4 Å². The number of aliphatic hydroxyl groups is 1. The van der Waals surface area contributed by atoms with E-state index in [-0.39, 0.29) is 6.04 Å². The van der Waals surface area contributed by atoms with Crippen LogP contribution < -0.4 is 16.0 Å². The molecule has 1 aromatic heterocycles. The second-order valence-electron chi connectivity index (χ2n) is 8.50. The molecule has 8 nitrogen and oxygen atoms in total. The van der Waals surface area contributed by atoms with Crippen molar-refractivity contribution >= 4 is 6.09 Å². The van der Waals surface area contributed by atoms with Gasteiger partial charge in [0.15, 0.2) is 12.2 Å². The van der Waals surface area contributed by atoms with Gasteiger partial charge in [-0.2, -0.15) is 0 Å². The fourth-order valence-corrected chi connectivity index (χ4v) is 4.42. The number of nitrogens with one attached hydrogen (secondary N) is 3. The largest absolute Gasteiger partial charge is 0.444 e. The van der Waals surface area contributed by atoms with Crippen molar-refractivity contribution in [3.63, 3.8) is 0 Å². The van der Waals surface area contributed by atoms with Gasteiger partial charge in [0.05, 0.1) is 12.2 Å². The van der Waals surface area contributed by atoms with Crippen molar-refractivity contribution in [3.8, 4) is 11.3 Å². The van der Waals surface area contributed by atoms with Crippen molar-refractivity contribution in [1.82, 2.24) is 20.9 Å². The minimum Gasteiger partial charge on any atom is -0.444 e. The zero-order valence-electron chi connectivity index (χ0n) is 17.8. The van der Waals surface area contributed by atoms with Crippen LogP contribution in [0.1, 0.15) is 31.2 Å². The third kappa shape index (κ3) is 6.06. The summed E-state index contributed by atoms with van der Waals surface area (Å²) in [5, 5.41) is 19.9. The lowest BCUT2D eigenvalue weighted by molar-refractivity contribution is 0.0189. The highest BCUT2D eigenvalue weighted by Gasteiger charge is 2.37. The molecule has 2 fully saturated rings. The predicted molar refractivity (Wildman–Crippen MR) is 117 cm³/mol. The number of aliphatic hydroxyl groups excluding tert-OH is 1. The van der Waals surface area contributed by atoms with Gasteiger partial charge < -0.3 is 30.2 Å². The molecule has 1 amide bonds. The number of benzene rings is 1. The first-order valence-corrected chi connectivity index (χ1v) is 11.2. The first-order chi connectivity index (χ1) is 15.2. The van der Waals surface area contributed by atoms with Crippen LogP contribution in [0.4, 0.5) is 4.79 Å². The lowest BCUT2D eigenvalue weighted by atomic mass is 10.00. The molecule has 2 aliphatic rings. The number of amides is 1. The Morgan fingerprint density at radius 1 is 1.26 bits per heavy atom. The molecule has 4 atom stereocenters. The Balaban J connectivity index is 1.25. The number of carbonyl (C=O) groups is 1. The van der Waals surface area contributed by atoms with E-state index in [1.54, 1.807) is 6.20 Å². The summed E-state index contributed by atoms with van der Waals surface area (Å²) in [6, 6.07) is 7.85. The standard InChI is InChI=1S/C23H32N4O4/c28-20-13-27-19(11-16-4-6-18(7-5-16)21-14-25-15-30-21)22(20)31-23(29)26-10-8-17-3-1-2-9-24-12-17/h4-7,14-15,17,19-20,22,24,27-28H,1-3,8-13H2,(H,26,29)/t17-,19+,20-,22-/m0/s1. The van der Waals surface area contributed by atoms with Gasteiger partial charge in [-0.25, -0.2) is 9.78 Å². The number of hydrogen-bond donors (Lipinski definition) is 4. The third-order valence-electron chi connectivity index (χ3n) is 6.21. The highest BCUT2D eigenvalue weighted by atomic mass is 16.6. The summed E-state index contributed by atoms with van der Waals surface area (Å²) in [5.74, 6) is 1.31. The number of aromatic nitrogens is 1. The van der Waals surface area contributed by atoms with Crippen molar-refractivity contribution in [2.24, 2.45) is 5.92 Å². The van der Waals surface area contributed by atoms with Crippen molar-refractivity contribution in [1.29, 1.82) is 0 Å². The quantitative estimate of drug-likeness (QED) is 0.535. The van der Waals surface area contributed by atoms with Crippen molar-refractivity contribution in [2.45, 2.75) is 50.4 Å². The maximum absolute atomic E-state index is 12.3. The molecule has 8 heteroatoms. The summed E-state index contributed by atoms with van der Waals surface area (Å²) >= 11 is 0. The van der Waals surface area contributed by atoms with Gasteiger partial charge in [0.1, 0.15) is 12.2 Å². The Bertz CT molecular complexity index is 803. The number of oxazole rings is 1. The molecule has 31 heavy (non-hydrogen) atoms. The fourth-order valence-electron chi connectivity index (χ4n) is 4.42. The average Bonchev–Trinajstić information content (AvgIpc) is 3.34. The van der Waals surface area contributed by atoms with Crippen molar-refractivity contribution in [2.75, 3.05) is 26.2 Å². The second-order valence-corrected chi connectivity index (χ2v) is 8.50. The molecule has 0 aliphatic carbocycles. The van der Waals surface area contributed by atoms with E-state index in [1.165, 1.54) is 25.7 Å². The van der Waals surface area contributed by atoms with Gasteiger partial charge in [-0.1, -0.05) is 30.7 Å². The van der Waals surface area contributed by atoms with E-state index in [9.17, 15) is 9.90 Å². The Morgan fingerprint density at radius 2 is 2.13 bits per heavy atom. The average molecular weight is 429 g/mol. The van der Waals surface area contributed by atoms with Crippen LogP contribution in [-0.4, -0.2) is 60.6 Å². The van der Waals surface area contributed by atoms with Crippen molar-refractivity contribution in [3.05, 3.63) is 42.4 Å². The number of carbonyl (C=O) groups excluding carboxylic acids is 1. The Hall–Kier alpha value is -2.42. The molecule has 0 radical (unpaired) electrons. The van der Waals surface area contributed by atoms with E-state index in [4.69, 9.17) is 9.15 Å². The first kappa shape index (κ1) is 21.8. The molecular formula is C23H32N4O4. The fraction of sp³-hybridized carbons (Fsp3) is 0.565. The van der Waals surface area contributed by atoms with Gasteiger partial charge in [0.2, 0.25) is 0 Å². The van der Waals surface area contributed by atoms with E-state index < -0.39 is 18.3 Å². The van der Waals surface area contributed by atoms with Gasteiger partial charge >= 0.3 is 6.09 Å². The van der Waals surface area contributed by atoms with Crippen LogP contribution in [0.3, 0.4) is 0 Å². The third-order valence-corrected chi connectivity index (χ3v) is 6.21. The maximum Gasteiger partial charge on any atom is 0.407 e. The Labute approximate surface area is 182 Å². The summed E-state index contributed by atoms with van der Waals surface area (Å²) < 4.78 is 10.9. The normalized spacial score (nSPS) is 26.4. The zero-order chi connectivity index (χ0) is 21.5. The lowest BCUT2D eigenvalue weighted by Crippen LogP contribution is -2.42. The smallest absolute Gasteiger partial charge is 0.407 e. The molecule has 4 rings (SSSR count). The zero-order valence-corrected chi connectivity index (χ0v) is 17.8. The van der Waals surface area contributed by atoms with Crippen LogP contribution in [0.15, 0.2) is 41.3 Å². The monoisotopic (exact) mass is 428 g/mol. The molecule has 3 heterocycles. The molecule has 0 saturated carbocycles. The first-order valence-electron chi connectivity index (χ1n) is 11.2. The van der Waals surface area contributed by atoms with Crippen LogP contribution in [0.25, 0.3) is 11.3 Å². The minimum atomic E-state index is -0.713. The van der Waals surface area contributed by atoms with Gasteiger partial charge in [0.25, 0.3) is 0 Å².